The molecule has 150 valence electrons. The highest BCUT2D eigenvalue weighted by atomic mass is 19.1. The molecule has 1 fully saturated rings. The van der Waals surface area contributed by atoms with E-state index in [1.165, 1.54) is 6.07 Å². The molecule has 1 aliphatic rings. The molecule has 0 amide bonds. The molecule has 1 saturated heterocycles. The number of nitrogens with two attached hydrogens (primary N) is 1. The molecule has 1 aromatic heterocycles. The van der Waals surface area contributed by atoms with Gasteiger partial charge in [0, 0.05) is 42.6 Å². The van der Waals surface area contributed by atoms with Crippen LogP contribution in [-0.4, -0.2) is 34.0 Å². The molecule has 2 heterocycles. The average molecular weight is 388 g/mol. The van der Waals surface area contributed by atoms with E-state index in [9.17, 15) is 14.5 Å². The summed E-state index contributed by atoms with van der Waals surface area (Å²) in [6.07, 6.45) is 4.85. The minimum atomic E-state index is -0.879. The quantitative estimate of drug-likeness (QED) is 0.551. The van der Waals surface area contributed by atoms with Crippen molar-refractivity contribution < 1.29 is 9.31 Å². The van der Waals surface area contributed by atoms with Gasteiger partial charge in [-0.15, -0.1) is 0 Å². The van der Waals surface area contributed by atoms with Crippen molar-refractivity contribution >= 4 is 23.1 Å². The van der Waals surface area contributed by atoms with Gasteiger partial charge in [0.1, 0.15) is 5.82 Å². The van der Waals surface area contributed by atoms with Crippen molar-refractivity contribution in [3.8, 4) is 0 Å². The van der Waals surface area contributed by atoms with Gasteiger partial charge in [-0.25, -0.2) is 4.98 Å². The number of benzene rings is 1. The Balaban J connectivity index is 1.89. The molecule has 3 rings (SSSR count). The van der Waals surface area contributed by atoms with Crippen molar-refractivity contribution in [1.82, 2.24) is 9.97 Å². The topological polar surface area (TPSA) is 110 Å². The fourth-order valence-corrected chi connectivity index (χ4v) is 3.26. The second-order valence-electron chi connectivity index (χ2n) is 7.04. The van der Waals surface area contributed by atoms with E-state index in [1.54, 1.807) is 0 Å². The van der Waals surface area contributed by atoms with E-state index in [1.807, 2.05) is 6.07 Å². The van der Waals surface area contributed by atoms with E-state index < -0.39 is 16.4 Å². The van der Waals surface area contributed by atoms with Crippen LogP contribution in [0, 0.1) is 15.9 Å². The van der Waals surface area contributed by atoms with Crippen LogP contribution in [0.15, 0.2) is 24.3 Å². The monoisotopic (exact) mass is 388 g/mol. The Bertz CT molecular complexity index is 847. The van der Waals surface area contributed by atoms with Gasteiger partial charge in [-0.05, 0) is 37.8 Å². The maximum Gasteiger partial charge on any atom is 0.306 e. The number of nitro groups is 1. The third kappa shape index (κ3) is 4.92. The molecule has 0 spiro atoms. The smallest absolute Gasteiger partial charge is 0.306 e. The first-order valence-electron chi connectivity index (χ1n) is 9.55. The van der Waals surface area contributed by atoms with Crippen LogP contribution in [-0.2, 0) is 6.42 Å². The van der Waals surface area contributed by atoms with Crippen LogP contribution in [0.5, 0.6) is 0 Å². The molecule has 0 radical (unpaired) electrons. The summed E-state index contributed by atoms with van der Waals surface area (Å²) in [5, 5.41) is 14.0. The zero-order chi connectivity index (χ0) is 20.1. The molecule has 0 aliphatic carbocycles. The van der Waals surface area contributed by atoms with Crippen molar-refractivity contribution in [3.63, 3.8) is 0 Å². The van der Waals surface area contributed by atoms with Gasteiger partial charge in [-0.3, -0.25) is 10.1 Å². The van der Waals surface area contributed by atoms with Crippen molar-refractivity contribution in [2.75, 3.05) is 23.3 Å². The number of hydrogen-bond donors (Lipinski definition) is 2. The van der Waals surface area contributed by atoms with Crippen LogP contribution < -0.4 is 16.0 Å². The second-order valence-corrected chi connectivity index (χ2v) is 7.04. The molecule has 1 aromatic carbocycles. The summed E-state index contributed by atoms with van der Waals surface area (Å²) < 4.78 is 13.6. The number of nitrogens with zero attached hydrogens (tertiary/aromatic N) is 4. The summed E-state index contributed by atoms with van der Waals surface area (Å²) in [6, 6.07) is 5.73. The third-order valence-electron chi connectivity index (χ3n) is 4.73. The summed E-state index contributed by atoms with van der Waals surface area (Å²) in [6.45, 7) is 3.72. The minimum Gasteiger partial charge on any atom is -0.355 e. The van der Waals surface area contributed by atoms with Gasteiger partial charge in [0.2, 0.25) is 11.8 Å². The molecule has 8 nitrogen and oxygen atoms in total. The second kappa shape index (κ2) is 8.92. The van der Waals surface area contributed by atoms with E-state index in [4.69, 9.17) is 5.73 Å². The molecule has 0 bridgehead atoms. The first kappa shape index (κ1) is 19.9. The van der Waals surface area contributed by atoms with E-state index in [0.717, 1.165) is 68.8 Å². The number of halogens is 1. The first-order chi connectivity index (χ1) is 13.5. The number of aryl methyl sites for hydroxylation is 1. The van der Waals surface area contributed by atoms with Crippen molar-refractivity contribution in [3.05, 3.63) is 45.9 Å². The van der Waals surface area contributed by atoms with Crippen LogP contribution in [0.25, 0.3) is 0 Å². The summed E-state index contributed by atoms with van der Waals surface area (Å²) in [5.74, 6) is 0.246. The Morgan fingerprint density at radius 3 is 2.93 bits per heavy atom. The lowest BCUT2D eigenvalue weighted by Gasteiger charge is -2.32. The average Bonchev–Trinajstić information content (AvgIpc) is 2.67. The van der Waals surface area contributed by atoms with Crippen molar-refractivity contribution in [1.29, 1.82) is 0 Å². The van der Waals surface area contributed by atoms with Gasteiger partial charge in [0.15, 0.2) is 0 Å². The van der Waals surface area contributed by atoms with Gasteiger partial charge in [-0.1, -0.05) is 13.3 Å². The molecule has 3 N–H and O–H groups in total. The summed E-state index contributed by atoms with van der Waals surface area (Å²) in [5.41, 5.74) is 6.77. The lowest BCUT2D eigenvalue weighted by molar-refractivity contribution is -0.387. The molecule has 0 saturated carbocycles. The number of nitro benzene ring substituents is 1. The predicted octanol–water partition coefficient (Wildman–Crippen LogP) is 3.54. The molecule has 1 aliphatic heterocycles. The Morgan fingerprint density at radius 2 is 2.21 bits per heavy atom. The number of rotatable bonds is 7. The summed E-state index contributed by atoms with van der Waals surface area (Å²) in [4.78, 5) is 21.5. The number of piperidine rings is 1. The van der Waals surface area contributed by atoms with Crippen LogP contribution in [0.1, 0.15) is 38.3 Å². The third-order valence-corrected chi connectivity index (χ3v) is 4.73. The highest BCUT2D eigenvalue weighted by Gasteiger charge is 2.20. The predicted molar refractivity (Wildman–Crippen MR) is 106 cm³/mol. The molecule has 1 atom stereocenters. The van der Waals surface area contributed by atoms with Crippen LogP contribution in [0.4, 0.5) is 27.5 Å². The van der Waals surface area contributed by atoms with Gasteiger partial charge < -0.3 is 16.0 Å². The van der Waals surface area contributed by atoms with Crippen molar-refractivity contribution in [2.45, 2.75) is 45.1 Å². The van der Waals surface area contributed by atoms with Gasteiger partial charge in [-0.2, -0.15) is 9.37 Å². The number of hydrogen-bond acceptors (Lipinski definition) is 7. The molecule has 9 heteroatoms. The normalized spacial score (nSPS) is 16.8. The molecular formula is C19H25FN6O2. The summed E-state index contributed by atoms with van der Waals surface area (Å²) in [7, 11) is 0. The first-order valence-corrected chi connectivity index (χ1v) is 9.55. The van der Waals surface area contributed by atoms with Gasteiger partial charge in [0.25, 0.3) is 0 Å². The standard InChI is InChI=1S/C19H25FN6O2/c1-2-3-6-14-11-18(25-9-4-5-13(21)12-25)24-19(22-14)23-15-7-8-16(20)17(10-15)26(27)28/h7-8,10-11,13H,2-6,9,12,21H2,1H3,(H,22,23,24)/t13-/m1/s1. The molecule has 0 unspecified atom stereocenters. The number of anilines is 3. The Kier molecular flexibility index (Phi) is 6.35. The Morgan fingerprint density at radius 1 is 1.39 bits per heavy atom. The van der Waals surface area contributed by atoms with Crippen LogP contribution in [0.2, 0.25) is 0 Å². The molecular weight excluding hydrogens is 363 g/mol. The van der Waals surface area contributed by atoms with Crippen LogP contribution >= 0.6 is 0 Å². The zero-order valence-corrected chi connectivity index (χ0v) is 15.9. The van der Waals surface area contributed by atoms with E-state index in [2.05, 4.69) is 27.1 Å². The molecule has 2 aromatic rings. The zero-order valence-electron chi connectivity index (χ0n) is 15.9. The SMILES string of the molecule is CCCCc1cc(N2CCC[C@@H](N)C2)nc(Nc2ccc(F)c([N+](=O)[O-])c2)n1. The van der Waals surface area contributed by atoms with Gasteiger partial charge in [0.05, 0.1) is 4.92 Å². The summed E-state index contributed by atoms with van der Waals surface area (Å²) >= 11 is 0. The van der Waals surface area contributed by atoms with E-state index in [0.29, 0.717) is 11.6 Å². The van der Waals surface area contributed by atoms with E-state index in [-0.39, 0.29) is 6.04 Å². The van der Waals surface area contributed by atoms with Gasteiger partial charge >= 0.3 is 5.69 Å². The highest BCUT2D eigenvalue weighted by Crippen LogP contribution is 2.25. The lowest BCUT2D eigenvalue weighted by atomic mass is 10.1. The maximum absolute atomic E-state index is 13.6. The van der Waals surface area contributed by atoms with Crippen molar-refractivity contribution in [2.24, 2.45) is 5.73 Å². The maximum atomic E-state index is 13.6. The van der Waals surface area contributed by atoms with E-state index >= 15 is 0 Å². The Hall–Kier alpha value is -2.81. The minimum absolute atomic E-state index is 0.110. The molecule has 28 heavy (non-hydrogen) atoms. The highest BCUT2D eigenvalue weighted by molar-refractivity contribution is 5.59. The number of aromatic nitrogens is 2. The van der Waals surface area contributed by atoms with Crippen LogP contribution in [0.3, 0.4) is 0 Å². The number of unbranched alkanes of at least 4 members (excludes halogenated alkanes) is 1. The lowest BCUT2D eigenvalue weighted by Crippen LogP contribution is -2.43. The fraction of sp³-hybridized carbons (Fsp3) is 0.474. The Labute approximate surface area is 163 Å². The fourth-order valence-electron chi connectivity index (χ4n) is 3.26. The number of nitrogens with one attached hydrogen (secondary N) is 1. The largest absolute Gasteiger partial charge is 0.355 e.